The van der Waals surface area contributed by atoms with Crippen molar-refractivity contribution in [3.63, 3.8) is 0 Å². The Morgan fingerprint density at radius 3 is 2.27 bits per heavy atom. The lowest BCUT2D eigenvalue weighted by Gasteiger charge is -2.29. The molecule has 124 valence electrons. The molecule has 0 heterocycles. The van der Waals surface area contributed by atoms with Gasteiger partial charge in [-0.2, -0.15) is 8.78 Å². The standard InChI is InChI=1S/C19H28F2S/c1-2-3-4-5-6-15-7-9-16(10-8-15)17-11-13-18(14-12-17)22-19(20)21/h11-16,19H,2-10H2,1H3/t15-,16-. The Bertz CT molecular complexity index is 408. The fourth-order valence-corrected chi connectivity index (χ4v) is 4.06. The molecule has 0 aliphatic heterocycles. The number of thioether (sulfide) groups is 1. The summed E-state index contributed by atoms with van der Waals surface area (Å²) in [4.78, 5) is 0.670. The maximum absolute atomic E-state index is 12.3. The van der Waals surface area contributed by atoms with Crippen LogP contribution in [-0.4, -0.2) is 5.76 Å². The van der Waals surface area contributed by atoms with Gasteiger partial charge in [0.2, 0.25) is 0 Å². The van der Waals surface area contributed by atoms with E-state index in [1.54, 1.807) is 0 Å². The number of unbranched alkanes of at least 4 members (excludes halogenated alkanes) is 3. The summed E-state index contributed by atoms with van der Waals surface area (Å²) in [5.41, 5.74) is 1.34. The molecule has 1 aliphatic rings. The van der Waals surface area contributed by atoms with E-state index in [1.807, 2.05) is 12.1 Å². The highest BCUT2D eigenvalue weighted by Crippen LogP contribution is 2.38. The minimum absolute atomic E-state index is 0.634. The minimum Gasteiger partial charge on any atom is -0.198 e. The minimum atomic E-state index is -2.33. The molecule has 0 radical (unpaired) electrons. The van der Waals surface area contributed by atoms with Gasteiger partial charge >= 0.3 is 0 Å². The van der Waals surface area contributed by atoms with Crippen molar-refractivity contribution < 1.29 is 8.78 Å². The molecule has 1 saturated carbocycles. The second-order valence-electron chi connectivity index (χ2n) is 6.51. The van der Waals surface area contributed by atoms with Crippen LogP contribution in [0.4, 0.5) is 8.78 Å². The van der Waals surface area contributed by atoms with Crippen LogP contribution in [0.5, 0.6) is 0 Å². The number of hydrogen-bond acceptors (Lipinski definition) is 1. The van der Waals surface area contributed by atoms with Gasteiger partial charge in [0.25, 0.3) is 5.76 Å². The first-order valence-electron chi connectivity index (χ1n) is 8.73. The molecular weight excluding hydrogens is 298 g/mol. The van der Waals surface area contributed by atoms with Crippen LogP contribution < -0.4 is 0 Å². The number of benzene rings is 1. The topological polar surface area (TPSA) is 0 Å². The van der Waals surface area contributed by atoms with E-state index in [-0.39, 0.29) is 0 Å². The van der Waals surface area contributed by atoms with Crippen LogP contribution in [0.2, 0.25) is 0 Å². The molecule has 0 aromatic heterocycles. The van der Waals surface area contributed by atoms with Crippen molar-refractivity contribution in [3.8, 4) is 0 Å². The first-order chi connectivity index (χ1) is 10.7. The average molecular weight is 326 g/mol. The third-order valence-electron chi connectivity index (χ3n) is 4.89. The van der Waals surface area contributed by atoms with E-state index in [1.165, 1.54) is 63.4 Å². The van der Waals surface area contributed by atoms with E-state index >= 15 is 0 Å². The van der Waals surface area contributed by atoms with Crippen molar-refractivity contribution in [2.75, 3.05) is 0 Å². The Kier molecular flexibility index (Phi) is 7.71. The molecule has 22 heavy (non-hydrogen) atoms. The fraction of sp³-hybridized carbons (Fsp3) is 0.684. The van der Waals surface area contributed by atoms with Crippen molar-refractivity contribution in [1.82, 2.24) is 0 Å². The van der Waals surface area contributed by atoms with E-state index < -0.39 is 5.76 Å². The molecule has 0 atom stereocenters. The van der Waals surface area contributed by atoms with Crippen LogP contribution in [0.25, 0.3) is 0 Å². The average Bonchev–Trinajstić information content (AvgIpc) is 2.52. The van der Waals surface area contributed by atoms with Crippen molar-refractivity contribution >= 4 is 11.8 Å². The lowest BCUT2D eigenvalue weighted by molar-refractivity contribution is 0.252. The number of rotatable bonds is 8. The van der Waals surface area contributed by atoms with Gasteiger partial charge in [0, 0.05) is 4.90 Å². The second-order valence-corrected chi connectivity index (χ2v) is 7.58. The molecular formula is C19H28F2S. The monoisotopic (exact) mass is 326 g/mol. The molecule has 0 saturated heterocycles. The Morgan fingerprint density at radius 2 is 1.68 bits per heavy atom. The van der Waals surface area contributed by atoms with Crippen molar-refractivity contribution in [1.29, 1.82) is 0 Å². The van der Waals surface area contributed by atoms with E-state index in [9.17, 15) is 8.78 Å². The molecule has 1 aromatic rings. The summed E-state index contributed by atoms with van der Waals surface area (Å²) in [6, 6.07) is 7.81. The molecule has 1 aromatic carbocycles. The molecule has 3 heteroatoms. The Morgan fingerprint density at radius 1 is 1.00 bits per heavy atom. The maximum atomic E-state index is 12.3. The van der Waals surface area contributed by atoms with Gasteiger partial charge in [-0.05, 0) is 55.2 Å². The summed E-state index contributed by atoms with van der Waals surface area (Å²) in [6.45, 7) is 2.26. The number of alkyl halides is 2. The molecule has 1 aliphatic carbocycles. The lowest BCUT2D eigenvalue weighted by Crippen LogP contribution is -2.13. The smallest absolute Gasteiger partial charge is 0.198 e. The van der Waals surface area contributed by atoms with E-state index in [0.717, 1.165) is 5.92 Å². The van der Waals surface area contributed by atoms with Crippen molar-refractivity contribution in [2.45, 2.75) is 81.3 Å². The summed E-state index contributed by atoms with van der Waals surface area (Å²) in [7, 11) is 0. The summed E-state index contributed by atoms with van der Waals surface area (Å²) in [5, 5.41) is 0. The van der Waals surface area contributed by atoms with Crippen LogP contribution in [0.1, 0.15) is 76.2 Å². The van der Waals surface area contributed by atoms with Gasteiger partial charge in [0.1, 0.15) is 0 Å². The molecule has 0 N–H and O–H groups in total. The van der Waals surface area contributed by atoms with Gasteiger partial charge in [-0.1, -0.05) is 62.9 Å². The quantitative estimate of drug-likeness (QED) is 0.358. The largest absolute Gasteiger partial charge is 0.288 e. The number of hydrogen-bond donors (Lipinski definition) is 0. The predicted octanol–water partition coefficient (Wildman–Crippen LogP) is 7.25. The van der Waals surface area contributed by atoms with E-state index in [0.29, 0.717) is 22.6 Å². The first kappa shape index (κ1) is 17.8. The third kappa shape index (κ3) is 5.91. The summed E-state index contributed by atoms with van der Waals surface area (Å²) < 4.78 is 24.7. The molecule has 0 nitrogen and oxygen atoms in total. The van der Waals surface area contributed by atoms with Gasteiger partial charge in [-0.25, -0.2) is 0 Å². The van der Waals surface area contributed by atoms with Gasteiger partial charge in [-0.3, -0.25) is 0 Å². The highest BCUT2D eigenvalue weighted by Gasteiger charge is 2.22. The van der Waals surface area contributed by atoms with Crippen LogP contribution in [0, 0.1) is 5.92 Å². The zero-order chi connectivity index (χ0) is 15.8. The van der Waals surface area contributed by atoms with E-state index in [2.05, 4.69) is 19.1 Å². The van der Waals surface area contributed by atoms with Crippen molar-refractivity contribution in [3.05, 3.63) is 29.8 Å². The van der Waals surface area contributed by atoms with Crippen LogP contribution in [-0.2, 0) is 0 Å². The van der Waals surface area contributed by atoms with Gasteiger partial charge in [0.15, 0.2) is 0 Å². The molecule has 1 fully saturated rings. The molecule has 0 unspecified atom stereocenters. The summed E-state index contributed by atoms with van der Waals surface area (Å²) in [6.07, 6.45) is 12.1. The van der Waals surface area contributed by atoms with E-state index in [4.69, 9.17) is 0 Å². The molecule has 2 rings (SSSR count). The lowest BCUT2D eigenvalue weighted by atomic mass is 9.77. The SMILES string of the molecule is CCCCCC[C@H]1CC[C@H](c2ccc(SC(F)F)cc2)CC1. The van der Waals surface area contributed by atoms with Gasteiger partial charge in [0.05, 0.1) is 0 Å². The number of halogens is 2. The van der Waals surface area contributed by atoms with Crippen LogP contribution in [0.15, 0.2) is 29.2 Å². The normalized spacial score (nSPS) is 22.2. The van der Waals surface area contributed by atoms with Crippen LogP contribution in [0.3, 0.4) is 0 Å². The Labute approximate surface area is 138 Å². The molecule has 0 bridgehead atoms. The molecule has 0 amide bonds. The molecule has 0 spiro atoms. The highest BCUT2D eigenvalue weighted by atomic mass is 32.2. The maximum Gasteiger partial charge on any atom is 0.288 e. The third-order valence-corrected chi connectivity index (χ3v) is 5.61. The van der Waals surface area contributed by atoms with Crippen LogP contribution >= 0.6 is 11.8 Å². The van der Waals surface area contributed by atoms with Gasteiger partial charge in [-0.15, -0.1) is 0 Å². The van der Waals surface area contributed by atoms with Gasteiger partial charge < -0.3 is 0 Å². The fourth-order valence-electron chi connectivity index (χ4n) is 3.57. The van der Waals surface area contributed by atoms with Crippen molar-refractivity contribution in [2.24, 2.45) is 5.92 Å². The highest BCUT2D eigenvalue weighted by molar-refractivity contribution is 7.99. The Hall–Kier alpha value is -0.570. The predicted molar refractivity (Wildman–Crippen MR) is 91.8 cm³/mol. The second kappa shape index (κ2) is 9.54. The summed E-state index contributed by atoms with van der Waals surface area (Å²) >= 11 is 0.634. The first-order valence-corrected chi connectivity index (χ1v) is 9.61. The Balaban J connectivity index is 1.74. The zero-order valence-corrected chi connectivity index (χ0v) is 14.4. The zero-order valence-electron chi connectivity index (χ0n) is 13.6. The summed E-state index contributed by atoms with van der Waals surface area (Å²) in [5.74, 6) is -0.770.